The van der Waals surface area contributed by atoms with Crippen LogP contribution in [0, 0.1) is 11.7 Å². The number of hydrogen-bond acceptors (Lipinski definition) is 1. The third kappa shape index (κ3) is 3.94. The summed E-state index contributed by atoms with van der Waals surface area (Å²) in [5.41, 5.74) is 0.700. The summed E-state index contributed by atoms with van der Waals surface area (Å²) in [5, 5.41) is 3.60. The van der Waals surface area contributed by atoms with Crippen molar-refractivity contribution in [3.05, 3.63) is 34.1 Å². The first-order valence-electron chi connectivity index (χ1n) is 6.45. The fourth-order valence-corrected chi connectivity index (χ4v) is 3.24. The third-order valence-electron chi connectivity index (χ3n) is 3.55. The Morgan fingerprint density at radius 1 is 1.33 bits per heavy atom. The number of alkyl halides is 1. The Bertz CT molecular complexity index is 399. The first kappa shape index (κ1) is 14.3. The van der Waals surface area contributed by atoms with E-state index in [-0.39, 0.29) is 11.2 Å². The molecule has 1 aliphatic carbocycles. The average molecular weight is 335 g/mol. The van der Waals surface area contributed by atoms with Gasteiger partial charge in [0.2, 0.25) is 0 Å². The van der Waals surface area contributed by atoms with Crippen LogP contribution in [0.3, 0.4) is 0 Å². The fourth-order valence-electron chi connectivity index (χ4n) is 2.46. The Kier molecular flexibility index (Phi) is 5.46. The summed E-state index contributed by atoms with van der Waals surface area (Å²) >= 11 is 9.66. The molecule has 0 spiro atoms. The molecule has 0 heterocycles. The van der Waals surface area contributed by atoms with Gasteiger partial charge in [-0.3, -0.25) is 0 Å². The van der Waals surface area contributed by atoms with Crippen molar-refractivity contribution in [3.8, 4) is 0 Å². The van der Waals surface area contributed by atoms with Gasteiger partial charge in [0.05, 0.1) is 0 Å². The van der Waals surface area contributed by atoms with Gasteiger partial charge >= 0.3 is 0 Å². The van der Waals surface area contributed by atoms with Gasteiger partial charge in [0.15, 0.2) is 0 Å². The molecule has 18 heavy (non-hydrogen) atoms. The lowest BCUT2D eigenvalue weighted by atomic mass is 9.89. The third-order valence-corrected chi connectivity index (χ3v) is 4.61. The lowest BCUT2D eigenvalue weighted by Crippen LogP contribution is -2.31. The zero-order chi connectivity index (χ0) is 13.0. The summed E-state index contributed by atoms with van der Waals surface area (Å²) in [5.74, 6) is 0.368. The molecule has 0 aromatic heterocycles. The molecule has 0 radical (unpaired) electrons. The van der Waals surface area contributed by atoms with E-state index in [0.717, 1.165) is 17.4 Å². The van der Waals surface area contributed by atoms with Gasteiger partial charge in [-0.25, -0.2) is 4.39 Å². The summed E-state index contributed by atoms with van der Waals surface area (Å²) in [6, 6.07) is 5.03. The van der Waals surface area contributed by atoms with E-state index in [1.54, 1.807) is 6.07 Å². The van der Waals surface area contributed by atoms with Crippen LogP contribution in [0.15, 0.2) is 22.7 Å². The summed E-state index contributed by atoms with van der Waals surface area (Å²) in [7, 11) is 0. The SMILES string of the molecule is Fc1ccc(Br)cc1CNCC1CCCCC1Cl. The van der Waals surface area contributed by atoms with Crippen LogP contribution in [-0.4, -0.2) is 11.9 Å². The maximum absolute atomic E-state index is 13.5. The molecule has 2 rings (SSSR count). The standard InChI is InChI=1S/C14H18BrClFN/c15-12-5-6-14(17)11(7-12)9-18-8-10-3-1-2-4-13(10)16/h5-7,10,13,18H,1-4,8-9H2. The highest BCUT2D eigenvalue weighted by atomic mass is 79.9. The average Bonchev–Trinajstić information content (AvgIpc) is 2.36. The zero-order valence-electron chi connectivity index (χ0n) is 10.3. The second-order valence-corrected chi connectivity index (χ2v) is 6.40. The Morgan fingerprint density at radius 3 is 2.89 bits per heavy atom. The number of nitrogens with one attached hydrogen (secondary N) is 1. The molecule has 1 N–H and O–H groups in total. The van der Waals surface area contributed by atoms with Crippen LogP contribution in [0.4, 0.5) is 4.39 Å². The lowest BCUT2D eigenvalue weighted by Gasteiger charge is -2.27. The molecule has 0 aliphatic heterocycles. The van der Waals surface area contributed by atoms with Crippen LogP contribution in [-0.2, 0) is 6.54 Å². The highest BCUT2D eigenvalue weighted by molar-refractivity contribution is 9.10. The van der Waals surface area contributed by atoms with Crippen molar-refractivity contribution in [2.45, 2.75) is 37.6 Å². The van der Waals surface area contributed by atoms with E-state index in [1.165, 1.54) is 25.3 Å². The smallest absolute Gasteiger partial charge is 0.127 e. The number of halogens is 3. The molecule has 1 saturated carbocycles. The first-order valence-corrected chi connectivity index (χ1v) is 7.68. The van der Waals surface area contributed by atoms with Crippen LogP contribution in [0.5, 0.6) is 0 Å². The van der Waals surface area contributed by atoms with E-state index in [4.69, 9.17) is 11.6 Å². The molecule has 1 aromatic rings. The Hall–Kier alpha value is -0.120. The molecule has 100 valence electrons. The molecule has 1 aromatic carbocycles. The monoisotopic (exact) mass is 333 g/mol. The van der Waals surface area contributed by atoms with Gasteiger partial charge in [-0.2, -0.15) is 0 Å². The Morgan fingerprint density at radius 2 is 2.11 bits per heavy atom. The molecular formula is C14H18BrClFN. The fraction of sp³-hybridized carbons (Fsp3) is 0.571. The number of hydrogen-bond donors (Lipinski definition) is 1. The second kappa shape index (κ2) is 6.88. The van der Waals surface area contributed by atoms with Crippen molar-refractivity contribution in [1.82, 2.24) is 5.32 Å². The van der Waals surface area contributed by atoms with Gasteiger partial charge < -0.3 is 5.32 Å². The van der Waals surface area contributed by atoms with Gasteiger partial charge in [-0.1, -0.05) is 28.8 Å². The van der Waals surface area contributed by atoms with Crippen LogP contribution in [0.2, 0.25) is 0 Å². The van der Waals surface area contributed by atoms with Gasteiger partial charge in [-0.15, -0.1) is 11.6 Å². The van der Waals surface area contributed by atoms with Crippen molar-refractivity contribution >= 4 is 27.5 Å². The summed E-state index contributed by atoms with van der Waals surface area (Å²) in [6.45, 7) is 1.44. The molecule has 4 heteroatoms. The minimum absolute atomic E-state index is 0.156. The number of rotatable bonds is 4. The Balaban J connectivity index is 1.82. The minimum Gasteiger partial charge on any atom is -0.312 e. The van der Waals surface area contributed by atoms with Crippen molar-refractivity contribution in [3.63, 3.8) is 0 Å². The van der Waals surface area contributed by atoms with Crippen LogP contribution < -0.4 is 5.32 Å². The molecule has 0 amide bonds. The van der Waals surface area contributed by atoms with E-state index in [0.29, 0.717) is 18.0 Å². The lowest BCUT2D eigenvalue weighted by molar-refractivity contribution is 0.347. The maximum Gasteiger partial charge on any atom is 0.127 e. The van der Waals surface area contributed by atoms with Crippen LogP contribution in [0.1, 0.15) is 31.2 Å². The topological polar surface area (TPSA) is 12.0 Å². The molecule has 1 fully saturated rings. The van der Waals surface area contributed by atoms with Crippen LogP contribution >= 0.6 is 27.5 Å². The van der Waals surface area contributed by atoms with Crippen molar-refractivity contribution < 1.29 is 4.39 Å². The summed E-state index contributed by atoms with van der Waals surface area (Å²) in [6.07, 6.45) is 4.80. The molecule has 1 nitrogen and oxygen atoms in total. The van der Waals surface area contributed by atoms with E-state index in [1.807, 2.05) is 6.07 Å². The molecule has 0 saturated heterocycles. The minimum atomic E-state index is -0.156. The second-order valence-electron chi connectivity index (χ2n) is 4.93. The predicted octanol–water partition coefficient (Wildman–Crippen LogP) is 4.48. The van der Waals surface area contributed by atoms with E-state index < -0.39 is 0 Å². The summed E-state index contributed by atoms with van der Waals surface area (Å²) < 4.78 is 14.4. The Labute approximate surface area is 121 Å². The molecular weight excluding hydrogens is 317 g/mol. The van der Waals surface area contributed by atoms with Crippen molar-refractivity contribution in [1.29, 1.82) is 0 Å². The first-order chi connectivity index (χ1) is 8.66. The highest BCUT2D eigenvalue weighted by Gasteiger charge is 2.22. The van der Waals surface area contributed by atoms with E-state index >= 15 is 0 Å². The maximum atomic E-state index is 13.5. The zero-order valence-corrected chi connectivity index (χ0v) is 12.6. The van der Waals surface area contributed by atoms with Gasteiger partial charge in [0.1, 0.15) is 5.82 Å². The van der Waals surface area contributed by atoms with Crippen molar-refractivity contribution in [2.75, 3.05) is 6.54 Å². The molecule has 2 atom stereocenters. The molecule has 1 aliphatic rings. The predicted molar refractivity (Wildman–Crippen MR) is 77.4 cm³/mol. The summed E-state index contributed by atoms with van der Waals surface area (Å²) in [4.78, 5) is 0. The van der Waals surface area contributed by atoms with Crippen molar-refractivity contribution in [2.24, 2.45) is 5.92 Å². The van der Waals surface area contributed by atoms with Gasteiger partial charge in [0.25, 0.3) is 0 Å². The molecule has 2 unspecified atom stereocenters. The van der Waals surface area contributed by atoms with E-state index in [9.17, 15) is 4.39 Å². The van der Waals surface area contributed by atoms with Crippen LogP contribution in [0.25, 0.3) is 0 Å². The van der Waals surface area contributed by atoms with E-state index in [2.05, 4.69) is 21.2 Å². The quantitative estimate of drug-likeness (QED) is 0.801. The molecule has 0 bridgehead atoms. The highest BCUT2D eigenvalue weighted by Crippen LogP contribution is 2.28. The normalized spacial score (nSPS) is 24.2. The largest absolute Gasteiger partial charge is 0.312 e. The van der Waals surface area contributed by atoms with Gasteiger partial charge in [0, 0.05) is 22.0 Å². The number of benzene rings is 1. The van der Waals surface area contributed by atoms with Gasteiger partial charge in [-0.05, 0) is 43.5 Å².